The third-order valence-electron chi connectivity index (χ3n) is 3.29. The van der Waals surface area contributed by atoms with E-state index in [0.717, 1.165) is 13.0 Å². The highest BCUT2D eigenvalue weighted by atomic mass is 16.2. The van der Waals surface area contributed by atoms with Crippen LogP contribution in [-0.2, 0) is 4.79 Å². The molecule has 2 atom stereocenters. The molecule has 3 heteroatoms. The Morgan fingerprint density at radius 2 is 2.00 bits per heavy atom. The highest BCUT2D eigenvalue weighted by Crippen LogP contribution is 2.18. The Labute approximate surface area is 99.6 Å². The van der Waals surface area contributed by atoms with Gasteiger partial charge in [-0.05, 0) is 19.3 Å². The molecule has 0 aromatic carbocycles. The fraction of sp³-hybridized carbons (Fsp3) is 0.923. The highest BCUT2D eigenvalue weighted by Gasteiger charge is 2.36. The monoisotopic (exact) mass is 226 g/mol. The van der Waals surface area contributed by atoms with Crippen LogP contribution in [0.1, 0.15) is 53.4 Å². The van der Waals surface area contributed by atoms with E-state index in [1.54, 1.807) is 0 Å². The molecule has 1 fully saturated rings. The van der Waals surface area contributed by atoms with Crippen molar-refractivity contribution in [2.75, 3.05) is 6.54 Å². The normalized spacial score (nSPS) is 25.8. The van der Waals surface area contributed by atoms with Gasteiger partial charge >= 0.3 is 0 Å². The van der Waals surface area contributed by atoms with Crippen molar-refractivity contribution < 1.29 is 4.79 Å². The van der Waals surface area contributed by atoms with E-state index in [1.165, 1.54) is 19.3 Å². The predicted molar refractivity (Wildman–Crippen MR) is 67.1 cm³/mol. The molecule has 0 spiro atoms. The van der Waals surface area contributed by atoms with Gasteiger partial charge < -0.3 is 4.90 Å². The molecule has 0 aromatic rings. The van der Waals surface area contributed by atoms with Gasteiger partial charge in [-0.25, -0.2) is 0 Å². The zero-order valence-corrected chi connectivity index (χ0v) is 11.1. The number of nitrogens with one attached hydrogen (secondary N) is 1. The van der Waals surface area contributed by atoms with Crippen molar-refractivity contribution in [2.24, 2.45) is 5.92 Å². The molecule has 0 radical (unpaired) electrons. The van der Waals surface area contributed by atoms with E-state index < -0.39 is 0 Å². The average Bonchev–Trinajstić information content (AvgIpc) is 2.52. The number of amides is 1. The van der Waals surface area contributed by atoms with E-state index in [0.29, 0.717) is 5.92 Å². The molecule has 1 heterocycles. The minimum Gasteiger partial charge on any atom is -0.326 e. The summed E-state index contributed by atoms with van der Waals surface area (Å²) >= 11 is 0. The number of carbonyl (C=O) groups is 1. The first-order chi connectivity index (χ1) is 7.57. The molecular formula is C13H26N2O. The maximum atomic E-state index is 11.9. The van der Waals surface area contributed by atoms with Gasteiger partial charge in [-0.1, -0.05) is 40.0 Å². The zero-order chi connectivity index (χ0) is 12.1. The van der Waals surface area contributed by atoms with Crippen LogP contribution in [0.5, 0.6) is 0 Å². The van der Waals surface area contributed by atoms with Crippen molar-refractivity contribution in [1.29, 1.82) is 0 Å². The van der Waals surface area contributed by atoms with Crippen LogP contribution in [-0.4, -0.2) is 29.6 Å². The molecule has 0 bridgehead atoms. The lowest BCUT2D eigenvalue weighted by Gasteiger charge is -2.27. The molecule has 0 aliphatic carbocycles. The molecular weight excluding hydrogens is 200 g/mol. The lowest BCUT2D eigenvalue weighted by atomic mass is 10.1. The molecule has 1 saturated heterocycles. The molecule has 94 valence electrons. The maximum Gasteiger partial charge on any atom is 0.240 e. The Balaban J connectivity index is 2.44. The molecule has 2 unspecified atom stereocenters. The number of unbranched alkanes of at least 4 members (excludes halogenated alkanes) is 3. The fourth-order valence-electron chi connectivity index (χ4n) is 2.31. The third-order valence-corrected chi connectivity index (χ3v) is 3.29. The first-order valence-corrected chi connectivity index (χ1v) is 6.64. The SMILES string of the molecule is CCCCCCN1C(=O)C(C)NC1C(C)C. The lowest BCUT2D eigenvalue weighted by Crippen LogP contribution is -2.41. The van der Waals surface area contributed by atoms with Crippen molar-refractivity contribution in [2.45, 2.75) is 65.6 Å². The van der Waals surface area contributed by atoms with Gasteiger partial charge in [0.1, 0.15) is 0 Å². The predicted octanol–water partition coefficient (Wildman–Crippen LogP) is 2.37. The van der Waals surface area contributed by atoms with Gasteiger partial charge in [-0.15, -0.1) is 0 Å². The number of hydrogen-bond acceptors (Lipinski definition) is 2. The third kappa shape index (κ3) is 3.21. The Kier molecular flexibility index (Phi) is 5.26. The van der Waals surface area contributed by atoms with Crippen LogP contribution in [0.4, 0.5) is 0 Å². The van der Waals surface area contributed by atoms with Crippen LogP contribution in [0.25, 0.3) is 0 Å². The smallest absolute Gasteiger partial charge is 0.240 e. The first-order valence-electron chi connectivity index (χ1n) is 6.64. The molecule has 1 aliphatic heterocycles. The number of hydrogen-bond donors (Lipinski definition) is 1. The number of carbonyl (C=O) groups excluding carboxylic acids is 1. The van der Waals surface area contributed by atoms with Gasteiger partial charge in [0.2, 0.25) is 5.91 Å². The second-order valence-corrected chi connectivity index (χ2v) is 5.17. The maximum absolute atomic E-state index is 11.9. The molecule has 1 aliphatic rings. The molecule has 3 nitrogen and oxygen atoms in total. The summed E-state index contributed by atoms with van der Waals surface area (Å²) in [4.78, 5) is 14.0. The summed E-state index contributed by atoms with van der Waals surface area (Å²) < 4.78 is 0. The molecule has 0 saturated carbocycles. The van der Waals surface area contributed by atoms with Crippen LogP contribution in [0.3, 0.4) is 0 Å². The summed E-state index contributed by atoms with van der Waals surface area (Å²) in [5, 5.41) is 3.37. The summed E-state index contributed by atoms with van der Waals surface area (Å²) in [6.07, 6.45) is 5.13. The summed E-state index contributed by atoms with van der Waals surface area (Å²) in [6.45, 7) is 9.42. The van der Waals surface area contributed by atoms with Crippen LogP contribution < -0.4 is 5.32 Å². The Bertz CT molecular complexity index is 228. The molecule has 1 rings (SSSR count). The van der Waals surface area contributed by atoms with Gasteiger partial charge in [0.25, 0.3) is 0 Å². The topological polar surface area (TPSA) is 32.3 Å². The van der Waals surface area contributed by atoms with E-state index in [4.69, 9.17) is 0 Å². The molecule has 0 aromatic heterocycles. The molecule has 16 heavy (non-hydrogen) atoms. The lowest BCUT2D eigenvalue weighted by molar-refractivity contribution is -0.130. The largest absolute Gasteiger partial charge is 0.326 e. The fourth-order valence-corrected chi connectivity index (χ4v) is 2.31. The highest BCUT2D eigenvalue weighted by molar-refractivity contribution is 5.83. The minimum absolute atomic E-state index is 0.00132. The van der Waals surface area contributed by atoms with Gasteiger partial charge in [0.15, 0.2) is 0 Å². The van der Waals surface area contributed by atoms with Crippen LogP contribution in [0.15, 0.2) is 0 Å². The summed E-state index contributed by atoms with van der Waals surface area (Å²) in [6, 6.07) is -0.00132. The van der Waals surface area contributed by atoms with E-state index in [1.807, 2.05) is 11.8 Å². The van der Waals surface area contributed by atoms with Crippen molar-refractivity contribution in [3.63, 3.8) is 0 Å². The van der Waals surface area contributed by atoms with Gasteiger partial charge in [0.05, 0.1) is 12.2 Å². The van der Waals surface area contributed by atoms with E-state index in [-0.39, 0.29) is 18.1 Å². The van der Waals surface area contributed by atoms with Crippen molar-refractivity contribution in [3.8, 4) is 0 Å². The van der Waals surface area contributed by atoms with E-state index >= 15 is 0 Å². The zero-order valence-electron chi connectivity index (χ0n) is 11.1. The average molecular weight is 226 g/mol. The quantitative estimate of drug-likeness (QED) is 0.705. The van der Waals surface area contributed by atoms with Crippen molar-refractivity contribution in [3.05, 3.63) is 0 Å². The Hall–Kier alpha value is -0.570. The van der Waals surface area contributed by atoms with Gasteiger partial charge in [0, 0.05) is 6.54 Å². The van der Waals surface area contributed by atoms with Gasteiger partial charge in [-0.2, -0.15) is 0 Å². The summed E-state index contributed by atoms with van der Waals surface area (Å²) in [7, 11) is 0. The number of rotatable bonds is 6. The van der Waals surface area contributed by atoms with Gasteiger partial charge in [-0.3, -0.25) is 10.1 Å². The van der Waals surface area contributed by atoms with Crippen molar-refractivity contribution >= 4 is 5.91 Å². The second-order valence-electron chi connectivity index (χ2n) is 5.17. The second kappa shape index (κ2) is 6.24. The summed E-state index contributed by atoms with van der Waals surface area (Å²) in [5.41, 5.74) is 0. The number of nitrogens with zero attached hydrogens (tertiary/aromatic N) is 1. The van der Waals surface area contributed by atoms with E-state index in [2.05, 4.69) is 26.1 Å². The molecule has 1 amide bonds. The van der Waals surface area contributed by atoms with Crippen LogP contribution >= 0.6 is 0 Å². The van der Waals surface area contributed by atoms with Crippen LogP contribution in [0.2, 0.25) is 0 Å². The Morgan fingerprint density at radius 3 is 2.56 bits per heavy atom. The first kappa shape index (κ1) is 13.5. The van der Waals surface area contributed by atoms with Crippen LogP contribution in [0, 0.1) is 5.92 Å². The van der Waals surface area contributed by atoms with Crippen molar-refractivity contribution in [1.82, 2.24) is 10.2 Å². The standard InChI is InChI=1S/C13H26N2O/c1-5-6-7-8-9-15-12(10(2)3)14-11(4)13(15)16/h10-12,14H,5-9H2,1-4H3. The molecule has 1 N–H and O–H groups in total. The van der Waals surface area contributed by atoms with E-state index in [9.17, 15) is 4.79 Å². The minimum atomic E-state index is -0.00132. The Morgan fingerprint density at radius 1 is 1.31 bits per heavy atom. The summed E-state index contributed by atoms with van der Waals surface area (Å²) in [5.74, 6) is 0.760.